The molecule has 4 N–H and O–H groups in total. The minimum absolute atomic E-state index is 0.131. The van der Waals surface area contributed by atoms with Crippen LogP contribution in [0.1, 0.15) is 22.9 Å². The summed E-state index contributed by atoms with van der Waals surface area (Å²) in [5, 5.41) is 13.6. The number of hydrogen-bond acceptors (Lipinski definition) is 4. The maximum Gasteiger partial charge on any atom is 0.305 e. The molecule has 1 amide bonds. The lowest BCUT2D eigenvalue weighted by molar-refractivity contribution is -0.137. The number of carbonyl (C=O) groups is 2. The van der Waals surface area contributed by atoms with Crippen LogP contribution in [0, 0.1) is 0 Å². The van der Waals surface area contributed by atoms with Crippen LogP contribution in [-0.4, -0.2) is 17.0 Å². The maximum atomic E-state index is 12.1. The van der Waals surface area contributed by atoms with Gasteiger partial charge in [0.25, 0.3) is 0 Å². The van der Waals surface area contributed by atoms with Gasteiger partial charge in [0.15, 0.2) is 0 Å². The van der Waals surface area contributed by atoms with Crippen molar-refractivity contribution in [2.45, 2.75) is 18.9 Å². The minimum Gasteiger partial charge on any atom is -0.481 e. The van der Waals surface area contributed by atoms with Gasteiger partial charge in [0.05, 0.1) is 18.9 Å². The minimum atomic E-state index is -0.943. The molecule has 0 aliphatic rings. The number of nitrogen functional groups attached to an aromatic ring is 1. The number of thiophene rings is 1. The highest BCUT2D eigenvalue weighted by Crippen LogP contribution is 2.22. The van der Waals surface area contributed by atoms with Gasteiger partial charge in [-0.15, -0.1) is 11.3 Å². The zero-order valence-corrected chi connectivity index (χ0v) is 12.1. The van der Waals surface area contributed by atoms with E-state index in [0.717, 1.165) is 10.4 Å². The van der Waals surface area contributed by atoms with Crippen molar-refractivity contribution in [1.82, 2.24) is 5.32 Å². The number of amides is 1. The summed E-state index contributed by atoms with van der Waals surface area (Å²) in [6.45, 7) is 0. The summed E-state index contributed by atoms with van der Waals surface area (Å²) in [5.41, 5.74) is 7.07. The Morgan fingerprint density at radius 1 is 1.24 bits per heavy atom. The Morgan fingerprint density at radius 2 is 1.95 bits per heavy atom. The molecule has 0 saturated carbocycles. The van der Waals surface area contributed by atoms with Gasteiger partial charge in [-0.25, -0.2) is 0 Å². The third kappa shape index (κ3) is 4.61. The van der Waals surface area contributed by atoms with Crippen LogP contribution in [0.2, 0.25) is 0 Å². The van der Waals surface area contributed by atoms with Crippen LogP contribution in [0.5, 0.6) is 0 Å². The smallest absolute Gasteiger partial charge is 0.305 e. The second-order valence-corrected chi connectivity index (χ2v) is 5.63. The summed E-state index contributed by atoms with van der Waals surface area (Å²) >= 11 is 1.43. The van der Waals surface area contributed by atoms with Crippen LogP contribution in [0.3, 0.4) is 0 Å². The lowest BCUT2D eigenvalue weighted by Crippen LogP contribution is -2.30. The van der Waals surface area contributed by atoms with Crippen molar-refractivity contribution in [2.24, 2.45) is 0 Å². The van der Waals surface area contributed by atoms with E-state index in [4.69, 9.17) is 10.8 Å². The quantitative estimate of drug-likeness (QED) is 0.713. The Balaban J connectivity index is 2.01. The van der Waals surface area contributed by atoms with E-state index in [-0.39, 0.29) is 18.7 Å². The Labute approximate surface area is 126 Å². The summed E-state index contributed by atoms with van der Waals surface area (Å²) in [6.07, 6.45) is 0.0652. The van der Waals surface area contributed by atoms with E-state index in [2.05, 4.69) is 5.32 Å². The monoisotopic (exact) mass is 304 g/mol. The Morgan fingerprint density at radius 3 is 2.52 bits per heavy atom. The fourth-order valence-electron chi connectivity index (χ4n) is 1.95. The Hall–Kier alpha value is -2.34. The summed E-state index contributed by atoms with van der Waals surface area (Å²) < 4.78 is 0. The number of anilines is 1. The van der Waals surface area contributed by atoms with Gasteiger partial charge in [-0.2, -0.15) is 0 Å². The Bertz CT molecular complexity index is 608. The second kappa shape index (κ2) is 6.90. The molecule has 0 aliphatic heterocycles. The molecule has 0 spiro atoms. The number of carbonyl (C=O) groups excluding carboxylic acids is 1. The SMILES string of the molecule is Nc1ccc(CC(=O)NC(CC(=O)O)c2cccs2)cc1. The molecule has 21 heavy (non-hydrogen) atoms. The van der Waals surface area contributed by atoms with Crippen LogP contribution in [0.4, 0.5) is 5.69 Å². The van der Waals surface area contributed by atoms with E-state index in [1.807, 2.05) is 17.5 Å². The molecule has 0 aliphatic carbocycles. The largest absolute Gasteiger partial charge is 0.481 e. The number of rotatable bonds is 6. The van der Waals surface area contributed by atoms with Gasteiger partial charge in [0.2, 0.25) is 5.91 Å². The molecule has 0 bridgehead atoms. The highest BCUT2D eigenvalue weighted by molar-refractivity contribution is 7.10. The molecule has 0 radical (unpaired) electrons. The first-order valence-corrected chi connectivity index (χ1v) is 7.31. The standard InChI is InChI=1S/C15H16N2O3S/c16-11-5-3-10(4-6-11)8-14(18)17-12(9-15(19)20)13-2-1-7-21-13/h1-7,12H,8-9,16H2,(H,17,18)(H,19,20). The van der Waals surface area contributed by atoms with Crippen LogP contribution >= 0.6 is 11.3 Å². The first-order valence-electron chi connectivity index (χ1n) is 6.43. The van der Waals surface area contributed by atoms with Crippen molar-refractivity contribution >= 4 is 28.9 Å². The summed E-state index contributed by atoms with van der Waals surface area (Å²) in [7, 11) is 0. The van der Waals surface area contributed by atoms with Gasteiger partial charge in [0.1, 0.15) is 0 Å². The fraction of sp³-hybridized carbons (Fsp3) is 0.200. The number of nitrogens with two attached hydrogens (primary N) is 1. The molecule has 1 unspecified atom stereocenters. The number of aliphatic carboxylic acids is 1. The molecule has 2 aromatic rings. The summed E-state index contributed by atoms with van der Waals surface area (Å²) in [4.78, 5) is 23.8. The van der Waals surface area contributed by atoms with Gasteiger partial charge in [-0.1, -0.05) is 18.2 Å². The number of carboxylic acid groups (broad SMARTS) is 1. The van der Waals surface area contributed by atoms with Crippen molar-refractivity contribution in [3.63, 3.8) is 0 Å². The maximum absolute atomic E-state index is 12.1. The predicted molar refractivity (Wildman–Crippen MR) is 82.0 cm³/mol. The molecule has 6 heteroatoms. The molecular formula is C15H16N2O3S. The van der Waals surface area contributed by atoms with Crippen molar-refractivity contribution < 1.29 is 14.7 Å². The zero-order chi connectivity index (χ0) is 15.2. The number of benzene rings is 1. The van der Waals surface area contributed by atoms with Gasteiger partial charge < -0.3 is 16.2 Å². The van der Waals surface area contributed by atoms with Crippen molar-refractivity contribution in [3.05, 3.63) is 52.2 Å². The van der Waals surface area contributed by atoms with Crippen molar-refractivity contribution in [2.75, 3.05) is 5.73 Å². The molecule has 110 valence electrons. The van der Waals surface area contributed by atoms with E-state index in [1.54, 1.807) is 24.3 Å². The molecule has 1 atom stereocenters. The van der Waals surface area contributed by atoms with Crippen LogP contribution in [0.15, 0.2) is 41.8 Å². The third-order valence-corrected chi connectivity index (χ3v) is 3.93. The molecular weight excluding hydrogens is 288 g/mol. The normalized spacial score (nSPS) is 11.8. The molecule has 0 saturated heterocycles. The first kappa shape index (κ1) is 15.1. The highest BCUT2D eigenvalue weighted by atomic mass is 32.1. The molecule has 0 fully saturated rings. The van der Waals surface area contributed by atoms with E-state index >= 15 is 0 Å². The summed E-state index contributed by atoms with van der Waals surface area (Å²) in [6, 6.07) is 10.2. The van der Waals surface area contributed by atoms with Crippen LogP contribution in [0.25, 0.3) is 0 Å². The average Bonchev–Trinajstić information content (AvgIpc) is 2.94. The van der Waals surface area contributed by atoms with E-state index in [0.29, 0.717) is 5.69 Å². The fourth-order valence-corrected chi connectivity index (χ4v) is 2.73. The van der Waals surface area contributed by atoms with Crippen molar-refractivity contribution in [1.29, 1.82) is 0 Å². The molecule has 2 rings (SSSR count). The Kier molecular flexibility index (Phi) is 4.94. The molecule has 1 aromatic heterocycles. The first-order chi connectivity index (χ1) is 10.0. The average molecular weight is 304 g/mol. The zero-order valence-electron chi connectivity index (χ0n) is 11.3. The number of nitrogens with one attached hydrogen (secondary N) is 1. The van der Waals surface area contributed by atoms with Gasteiger partial charge in [-0.05, 0) is 29.1 Å². The van der Waals surface area contributed by atoms with Crippen molar-refractivity contribution in [3.8, 4) is 0 Å². The molecule has 1 aromatic carbocycles. The summed E-state index contributed by atoms with van der Waals surface area (Å²) in [5.74, 6) is -1.15. The van der Waals surface area contributed by atoms with Gasteiger partial charge >= 0.3 is 5.97 Å². The van der Waals surface area contributed by atoms with E-state index < -0.39 is 12.0 Å². The lowest BCUT2D eigenvalue weighted by Gasteiger charge is -2.15. The number of hydrogen-bond donors (Lipinski definition) is 3. The number of carboxylic acids is 1. The van der Waals surface area contributed by atoms with Crippen LogP contribution in [-0.2, 0) is 16.0 Å². The third-order valence-electron chi connectivity index (χ3n) is 2.94. The van der Waals surface area contributed by atoms with Crippen LogP contribution < -0.4 is 11.1 Å². The molecule has 5 nitrogen and oxygen atoms in total. The lowest BCUT2D eigenvalue weighted by atomic mass is 10.1. The second-order valence-electron chi connectivity index (χ2n) is 4.65. The molecule has 1 heterocycles. The van der Waals surface area contributed by atoms with E-state index in [1.165, 1.54) is 11.3 Å². The predicted octanol–water partition coefficient (Wildman–Crippen LogP) is 2.21. The van der Waals surface area contributed by atoms with Gasteiger partial charge in [-0.3, -0.25) is 9.59 Å². The topological polar surface area (TPSA) is 92.4 Å². The highest BCUT2D eigenvalue weighted by Gasteiger charge is 2.19. The van der Waals surface area contributed by atoms with Gasteiger partial charge in [0, 0.05) is 10.6 Å². The van der Waals surface area contributed by atoms with E-state index in [9.17, 15) is 9.59 Å².